The van der Waals surface area contributed by atoms with Crippen LogP contribution in [0.15, 0.2) is 6.20 Å². The number of aromatic carboxylic acids is 1. The molecule has 2 heterocycles. The summed E-state index contributed by atoms with van der Waals surface area (Å²) in [6.07, 6.45) is 3.53. The molecule has 104 valence electrons. The summed E-state index contributed by atoms with van der Waals surface area (Å²) < 4.78 is 0. The molecule has 1 aromatic heterocycles. The average molecular weight is 285 g/mol. The standard InChI is InChI=1S/C12H17ClN4O2/c1-17-4-2-3-8(7-17)5-14-10-9(11(18)19)6-15-12(13)16-10/h6,8H,2-5,7H2,1H3,(H,18,19)(H,14,15,16). The van der Waals surface area contributed by atoms with Gasteiger partial charge >= 0.3 is 5.97 Å². The maximum Gasteiger partial charge on any atom is 0.341 e. The molecule has 0 aliphatic carbocycles. The number of nitrogens with zero attached hydrogens (tertiary/aromatic N) is 3. The smallest absolute Gasteiger partial charge is 0.341 e. The lowest BCUT2D eigenvalue weighted by atomic mass is 9.98. The summed E-state index contributed by atoms with van der Waals surface area (Å²) in [5.74, 6) is -0.269. The van der Waals surface area contributed by atoms with E-state index in [9.17, 15) is 4.79 Å². The van der Waals surface area contributed by atoms with Crippen molar-refractivity contribution in [1.82, 2.24) is 14.9 Å². The number of anilines is 1. The first-order valence-electron chi connectivity index (χ1n) is 6.24. The van der Waals surface area contributed by atoms with E-state index in [2.05, 4.69) is 27.2 Å². The van der Waals surface area contributed by atoms with Gasteiger partial charge in [0, 0.05) is 19.3 Å². The van der Waals surface area contributed by atoms with Crippen molar-refractivity contribution in [2.45, 2.75) is 12.8 Å². The van der Waals surface area contributed by atoms with Gasteiger partial charge in [0.05, 0.1) is 0 Å². The zero-order valence-electron chi connectivity index (χ0n) is 10.8. The van der Waals surface area contributed by atoms with Gasteiger partial charge in [0.25, 0.3) is 0 Å². The normalized spacial score (nSPS) is 20.2. The number of piperidine rings is 1. The van der Waals surface area contributed by atoms with Gasteiger partial charge in [-0.2, -0.15) is 4.98 Å². The third-order valence-electron chi connectivity index (χ3n) is 3.27. The van der Waals surface area contributed by atoms with Gasteiger partial charge in [-0.25, -0.2) is 9.78 Å². The SMILES string of the molecule is CN1CCCC(CNc2nc(Cl)ncc2C(=O)O)C1. The number of carboxylic acids is 1. The molecule has 1 fully saturated rings. The minimum Gasteiger partial charge on any atom is -0.477 e. The molecule has 2 rings (SSSR count). The maximum atomic E-state index is 11.1. The van der Waals surface area contributed by atoms with Crippen molar-refractivity contribution in [2.24, 2.45) is 5.92 Å². The van der Waals surface area contributed by atoms with Gasteiger partial charge in [0.1, 0.15) is 11.4 Å². The van der Waals surface area contributed by atoms with Gasteiger partial charge in [0.2, 0.25) is 5.28 Å². The molecule has 0 saturated carbocycles. The van der Waals surface area contributed by atoms with Crippen LogP contribution in [0.25, 0.3) is 0 Å². The second kappa shape index (κ2) is 6.16. The Morgan fingerprint density at radius 3 is 3.16 bits per heavy atom. The van der Waals surface area contributed by atoms with Gasteiger partial charge in [-0.05, 0) is 44.0 Å². The summed E-state index contributed by atoms with van der Waals surface area (Å²) in [6.45, 7) is 2.82. The maximum absolute atomic E-state index is 11.1. The Hall–Kier alpha value is -1.40. The van der Waals surface area contributed by atoms with Crippen molar-refractivity contribution in [3.8, 4) is 0 Å². The quantitative estimate of drug-likeness (QED) is 0.818. The molecular weight excluding hydrogens is 268 g/mol. The highest BCUT2D eigenvalue weighted by Gasteiger charge is 2.19. The van der Waals surface area contributed by atoms with Gasteiger partial charge in [-0.15, -0.1) is 0 Å². The van der Waals surface area contributed by atoms with E-state index in [1.807, 2.05) is 0 Å². The molecule has 0 spiro atoms. The Bertz CT molecular complexity index is 469. The minimum atomic E-state index is -1.06. The predicted molar refractivity (Wildman–Crippen MR) is 72.7 cm³/mol. The predicted octanol–water partition coefficient (Wildman–Crippen LogP) is 1.58. The van der Waals surface area contributed by atoms with E-state index in [4.69, 9.17) is 16.7 Å². The van der Waals surface area contributed by atoms with Crippen molar-refractivity contribution in [1.29, 1.82) is 0 Å². The fourth-order valence-electron chi connectivity index (χ4n) is 2.33. The van der Waals surface area contributed by atoms with Gasteiger partial charge in [-0.3, -0.25) is 0 Å². The van der Waals surface area contributed by atoms with Gasteiger partial charge < -0.3 is 15.3 Å². The molecule has 1 atom stereocenters. The van der Waals surface area contributed by atoms with E-state index in [-0.39, 0.29) is 10.8 Å². The molecule has 2 N–H and O–H groups in total. The number of aromatic nitrogens is 2. The number of carboxylic acid groups (broad SMARTS) is 1. The highest BCUT2D eigenvalue weighted by atomic mass is 35.5. The number of nitrogens with one attached hydrogen (secondary N) is 1. The van der Waals surface area contributed by atoms with E-state index in [1.54, 1.807) is 0 Å². The molecule has 1 aliphatic heterocycles. The lowest BCUT2D eigenvalue weighted by Gasteiger charge is -2.29. The van der Waals surface area contributed by atoms with Crippen LogP contribution in [0.5, 0.6) is 0 Å². The Labute approximate surface area is 116 Å². The van der Waals surface area contributed by atoms with Crippen molar-refractivity contribution >= 4 is 23.4 Å². The molecule has 0 aromatic carbocycles. The fraction of sp³-hybridized carbons (Fsp3) is 0.583. The molecule has 0 radical (unpaired) electrons. The largest absolute Gasteiger partial charge is 0.477 e. The molecule has 1 aromatic rings. The van der Waals surface area contributed by atoms with Crippen LogP contribution < -0.4 is 5.32 Å². The summed E-state index contributed by atoms with van der Waals surface area (Å²) >= 11 is 5.70. The monoisotopic (exact) mass is 284 g/mol. The number of likely N-dealkylation sites (tertiary alicyclic amines) is 1. The van der Waals surface area contributed by atoms with Crippen LogP contribution in [0, 0.1) is 5.92 Å². The molecule has 6 nitrogen and oxygen atoms in total. The molecule has 1 unspecified atom stereocenters. The third kappa shape index (κ3) is 3.78. The van der Waals surface area contributed by atoms with Crippen LogP contribution in [0.3, 0.4) is 0 Å². The van der Waals surface area contributed by atoms with Crippen LogP contribution in [-0.4, -0.2) is 52.6 Å². The summed E-state index contributed by atoms with van der Waals surface area (Å²) in [5, 5.41) is 12.2. The highest BCUT2D eigenvalue weighted by molar-refractivity contribution is 6.28. The number of hydrogen-bond donors (Lipinski definition) is 2. The van der Waals surface area contributed by atoms with Crippen molar-refractivity contribution in [2.75, 3.05) is 32.0 Å². The summed E-state index contributed by atoms with van der Waals surface area (Å²) in [7, 11) is 2.09. The average Bonchev–Trinajstić information content (AvgIpc) is 2.36. The third-order valence-corrected chi connectivity index (χ3v) is 3.45. The van der Waals surface area contributed by atoms with E-state index >= 15 is 0 Å². The molecule has 7 heteroatoms. The van der Waals surface area contributed by atoms with Gasteiger partial charge in [0.15, 0.2) is 0 Å². The number of halogens is 1. The summed E-state index contributed by atoms with van der Waals surface area (Å²) in [4.78, 5) is 21.0. The lowest BCUT2D eigenvalue weighted by molar-refractivity contribution is 0.0697. The second-order valence-corrected chi connectivity index (χ2v) is 5.20. The topological polar surface area (TPSA) is 78.3 Å². The van der Waals surface area contributed by atoms with Crippen LogP contribution >= 0.6 is 11.6 Å². The molecule has 19 heavy (non-hydrogen) atoms. The Balaban J connectivity index is 2.02. The Morgan fingerprint density at radius 1 is 1.68 bits per heavy atom. The van der Waals surface area contributed by atoms with Crippen molar-refractivity contribution in [3.05, 3.63) is 17.0 Å². The zero-order chi connectivity index (χ0) is 13.8. The molecule has 1 aliphatic rings. The second-order valence-electron chi connectivity index (χ2n) is 4.86. The minimum absolute atomic E-state index is 0.0493. The molecule has 1 saturated heterocycles. The van der Waals surface area contributed by atoms with Crippen LogP contribution in [0.4, 0.5) is 5.82 Å². The first-order valence-corrected chi connectivity index (χ1v) is 6.62. The zero-order valence-corrected chi connectivity index (χ0v) is 11.5. The Morgan fingerprint density at radius 2 is 2.47 bits per heavy atom. The van der Waals surface area contributed by atoms with E-state index in [1.165, 1.54) is 12.6 Å². The van der Waals surface area contributed by atoms with Crippen molar-refractivity contribution in [3.63, 3.8) is 0 Å². The number of rotatable bonds is 4. The van der Waals surface area contributed by atoms with Crippen LogP contribution in [-0.2, 0) is 0 Å². The summed E-state index contributed by atoms with van der Waals surface area (Å²) in [6, 6.07) is 0. The highest BCUT2D eigenvalue weighted by Crippen LogP contribution is 2.18. The Kier molecular flexibility index (Phi) is 4.55. The first kappa shape index (κ1) is 14.0. The van der Waals surface area contributed by atoms with Crippen LogP contribution in [0.1, 0.15) is 23.2 Å². The number of hydrogen-bond acceptors (Lipinski definition) is 5. The fourth-order valence-corrected chi connectivity index (χ4v) is 2.47. The van der Waals surface area contributed by atoms with E-state index in [0.717, 1.165) is 19.5 Å². The lowest BCUT2D eigenvalue weighted by Crippen LogP contribution is -2.35. The molecular formula is C12H17ClN4O2. The van der Waals surface area contributed by atoms with Crippen LogP contribution in [0.2, 0.25) is 5.28 Å². The van der Waals surface area contributed by atoms with E-state index in [0.29, 0.717) is 18.3 Å². The van der Waals surface area contributed by atoms with Gasteiger partial charge in [-0.1, -0.05) is 0 Å². The first-order chi connectivity index (χ1) is 9.06. The molecule has 0 amide bonds. The van der Waals surface area contributed by atoms with Crippen molar-refractivity contribution < 1.29 is 9.90 Å². The van der Waals surface area contributed by atoms with E-state index < -0.39 is 5.97 Å². The summed E-state index contributed by atoms with van der Waals surface area (Å²) in [5.41, 5.74) is 0.0496. The number of carbonyl (C=O) groups is 1. The molecule has 0 bridgehead atoms.